The highest BCUT2D eigenvalue weighted by atomic mass is 127. The van der Waals surface area contributed by atoms with Gasteiger partial charge in [-0.05, 0) is 19.9 Å². The van der Waals surface area contributed by atoms with E-state index in [1.165, 1.54) is 0 Å². The third-order valence-electron chi connectivity index (χ3n) is 1.92. The van der Waals surface area contributed by atoms with Gasteiger partial charge in [0.2, 0.25) is 0 Å². The van der Waals surface area contributed by atoms with Crippen molar-refractivity contribution in [3.8, 4) is 0 Å². The van der Waals surface area contributed by atoms with Crippen molar-refractivity contribution in [2.45, 2.75) is 20.4 Å². The molecule has 0 aliphatic rings. The number of nitrogens with zero attached hydrogens (tertiary/aromatic N) is 1. The lowest BCUT2D eigenvalue weighted by atomic mass is 10.4. The smallest absolute Gasteiger partial charge is 0.267 e. The molecule has 0 radical (unpaired) electrons. The molecule has 0 atom stereocenters. The van der Waals surface area contributed by atoms with Crippen molar-refractivity contribution in [2.24, 2.45) is 0 Å². The SMILES string of the molecule is CCNC(=O)c1cc(NI)cn1CC. The highest BCUT2D eigenvalue weighted by Gasteiger charge is 2.11. The van der Waals surface area contributed by atoms with Crippen molar-refractivity contribution in [1.29, 1.82) is 0 Å². The van der Waals surface area contributed by atoms with Crippen LogP contribution in [0.1, 0.15) is 24.3 Å². The van der Waals surface area contributed by atoms with Crippen LogP contribution in [0.25, 0.3) is 0 Å². The van der Waals surface area contributed by atoms with Crippen LogP contribution in [0.15, 0.2) is 12.3 Å². The monoisotopic (exact) mass is 307 g/mol. The minimum atomic E-state index is -0.0211. The molecule has 1 aromatic heterocycles. The summed E-state index contributed by atoms with van der Waals surface area (Å²) in [6.45, 7) is 5.37. The summed E-state index contributed by atoms with van der Waals surface area (Å²) < 4.78 is 4.91. The van der Waals surface area contributed by atoms with Crippen LogP contribution in [-0.4, -0.2) is 17.0 Å². The maximum absolute atomic E-state index is 11.6. The number of hydrogen-bond donors (Lipinski definition) is 2. The highest BCUT2D eigenvalue weighted by Crippen LogP contribution is 2.15. The van der Waals surface area contributed by atoms with Gasteiger partial charge in [-0.3, -0.25) is 4.79 Å². The molecule has 5 heteroatoms. The summed E-state index contributed by atoms with van der Waals surface area (Å²) in [5, 5.41) is 2.78. The van der Waals surface area contributed by atoms with Crippen molar-refractivity contribution >= 4 is 34.5 Å². The average Bonchev–Trinajstić information content (AvgIpc) is 2.61. The van der Waals surface area contributed by atoms with Gasteiger partial charge < -0.3 is 13.4 Å². The Balaban J connectivity index is 2.93. The second-order valence-corrected chi connectivity index (χ2v) is 3.39. The van der Waals surface area contributed by atoms with Crippen LogP contribution in [0.2, 0.25) is 0 Å². The summed E-state index contributed by atoms with van der Waals surface area (Å²) in [5.74, 6) is -0.0211. The van der Waals surface area contributed by atoms with E-state index >= 15 is 0 Å². The minimum absolute atomic E-state index is 0.0211. The zero-order valence-corrected chi connectivity index (χ0v) is 10.5. The lowest BCUT2D eigenvalue weighted by molar-refractivity contribution is 0.0946. The molecule has 0 saturated carbocycles. The van der Waals surface area contributed by atoms with E-state index in [1.54, 1.807) is 0 Å². The number of hydrogen-bond acceptors (Lipinski definition) is 2. The fourth-order valence-corrected chi connectivity index (χ4v) is 1.56. The Hall–Kier alpha value is -0.720. The van der Waals surface area contributed by atoms with Gasteiger partial charge in [-0.1, -0.05) is 0 Å². The van der Waals surface area contributed by atoms with Gasteiger partial charge in [0.1, 0.15) is 5.69 Å². The van der Waals surface area contributed by atoms with Crippen LogP contribution in [0, 0.1) is 0 Å². The second kappa shape index (κ2) is 5.23. The van der Waals surface area contributed by atoms with Crippen LogP contribution in [0.3, 0.4) is 0 Å². The first-order chi connectivity index (χ1) is 6.72. The van der Waals surface area contributed by atoms with Gasteiger partial charge in [-0.15, -0.1) is 0 Å². The molecule has 0 unspecified atom stereocenters. The number of rotatable bonds is 4. The fourth-order valence-electron chi connectivity index (χ4n) is 1.27. The number of aromatic nitrogens is 1. The summed E-state index contributed by atoms with van der Waals surface area (Å²) in [6.07, 6.45) is 1.93. The van der Waals surface area contributed by atoms with Crippen LogP contribution in [-0.2, 0) is 6.54 Å². The summed E-state index contributed by atoms with van der Waals surface area (Å²) in [6, 6.07) is 1.85. The Morgan fingerprint density at radius 3 is 2.79 bits per heavy atom. The molecule has 0 aromatic carbocycles. The number of aryl methyl sites for hydroxylation is 1. The van der Waals surface area contributed by atoms with E-state index < -0.39 is 0 Å². The number of carbonyl (C=O) groups excluding carboxylic acids is 1. The van der Waals surface area contributed by atoms with Crippen molar-refractivity contribution in [2.75, 3.05) is 10.1 Å². The van der Waals surface area contributed by atoms with E-state index in [0.29, 0.717) is 12.2 Å². The predicted octanol–water partition coefficient (Wildman–Crippen LogP) is 2.02. The van der Waals surface area contributed by atoms with Crippen LogP contribution in [0.5, 0.6) is 0 Å². The van der Waals surface area contributed by atoms with E-state index in [-0.39, 0.29) is 5.91 Å². The first kappa shape index (κ1) is 11.4. The van der Waals surface area contributed by atoms with Gasteiger partial charge in [0, 0.05) is 19.3 Å². The molecule has 0 aliphatic carbocycles. The van der Waals surface area contributed by atoms with E-state index in [2.05, 4.69) is 8.85 Å². The third kappa shape index (κ3) is 2.40. The maximum atomic E-state index is 11.6. The summed E-state index contributed by atoms with van der Waals surface area (Å²) >= 11 is 2.05. The quantitative estimate of drug-likeness (QED) is 0.660. The number of amides is 1. The molecule has 2 N–H and O–H groups in total. The first-order valence-corrected chi connectivity index (χ1v) is 5.65. The molecule has 1 rings (SSSR count). The maximum Gasteiger partial charge on any atom is 0.267 e. The molecule has 0 spiro atoms. The summed E-state index contributed by atoms with van der Waals surface area (Å²) in [7, 11) is 0. The molecular weight excluding hydrogens is 293 g/mol. The largest absolute Gasteiger partial charge is 0.351 e. The zero-order chi connectivity index (χ0) is 10.6. The molecule has 0 fully saturated rings. The average molecular weight is 307 g/mol. The molecule has 78 valence electrons. The van der Waals surface area contributed by atoms with Gasteiger partial charge in [0.15, 0.2) is 0 Å². The van der Waals surface area contributed by atoms with E-state index in [9.17, 15) is 4.79 Å². The molecule has 1 amide bonds. The first-order valence-electron chi connectivity index (χ1n) is 4.57. The Morgan fingerprint density at radius 2 is 2.29 bits per heavy atom. The number of carbonyl (C=O) groups is 1. The molecule has 0 aliphatic heterocycles. The molecule has 1 aromatic rings. The Labute approximate surface area is 97.6 Å². The number of halogens is 1. The molecule has 0 bridgehead atoms. The normalized spacial score (nSPS) is 9.93. The second-order valence-electron chi connectivity index (χ2n) is 2.85. The van der Waals surface area contributed by atoms with Gasteiger partial charge in [-0.2, -0.15) is 0 Å². The van der Waals surface area contributed by atoms with Crippen molar-refractivity contribution < 1.29 is 4.79 Å². The highest BCUT2D eigenvalue weighted by molar-refractivity contribution is 14.1. The van der Waals surface area contributed by atoms with Gasteiger partial charge >= 0.3 is 0 Å². The molecule has 4 nitrogen and oxygen atoms in total. The number of nitrogens with one attached hydrogen (secondary N) is 2. The molecule has 14 heavy (non-hydrogen) atoms. The lowest BCUT2D eigenvalue weighted by Gasteiger charge is -2.04. The fraction of sp³-hybridized carbons (Fsp3) is 0.444. The van der Waals surface area contributed by atoms with Crippen molar-refractivity contribution in [3.05, 3.63) is 18.0 Å². The third-order valence-corrected chi connectivity index (χ3v) is 2.54. The van der Waals surface area contributed by atoms with Crippen LogP contribution >= 0.6 is 22.9 Å². The Morgan fingerprint density at radius 1 is 1.57 bits per heavy atom. The Bertz CT molecular complexity index is 322. The van der Waals surface area contributed by atoms with Gasteiger partial charge in [-0.25, -0.2) is 0 Å². The summed E-state index contributed by atoms with van der Waals surface area (Å²) in [4.78, 5) is 11.6. The topological polar surface area (TPSA) is 46.1 Å². The van der Waals surface area contributed by atoms with Gasteiger partial charge in [0.05, 0.1) is 28.6 Å². The van der Waals surface area contributed by atoms with E-state index in [0.717, 1.165) is 12.2 Å². The standard InChI is InChI=1S/C9H14IN3O/c1-3-11-9(14)8-5-7(12-10)6-13(8)4-2/h5-6,12H,3-4H2,1-2H3,(H,11,14). The predicted molar refractivity (Wildman–Crippen MR) is 65.8 cm³/mol. The lowest BCUT2D eigenvalue weighted by Crippen LogP contribution is -2.25. The van der Waals surface area contributed by atoms with Crippen LogP contribution < -0.4 is 8.85 Å². The zero-order valence-electron chi connectivity index (χ0n) is 8.30. The van der Waals surface area contributed by atoms with Crippen molar-refractivity contribution in [1.82, 2.24) is 9.88 Å². The molecule has 1 heterocycles. The van der Waals surface area contributed by atoms with Gasteiger partial charge in [0.25, 0.3) is 5.91 Å². The molecular formula is C9H14IN3O. The van der Waals surface area contributed by atoms with Crippen LogP contribution in [0.4, 0.5) is 5.69 Å². The van der Waals surface area contributed by atoms with E-state index in [4.69, 9.17) is 0 Å². The molecule has 0 saturated heterocycles. The van der Waals surface area contributed by atoms with Crippen molar-refractivity contribution in [3.63, 3.8) is 0 Å². The Kier molecular flexibility index (Phi) is 4.24. The minimum Gasteiger partial charge on any atom is -0.351 e. The summed E-state index contributed by atoms with van der Waals surface area (Å²) in [5.41, 5.74) is 1.65. The number of anilines is 1. The van der Waals surface area contributed by atoms with E-state index in [1.807, 2.05) is 53.5 Å².